The van der Waals surface area contributed by atoms with Crippen molar-refractivity contribution >= 4 is 11.9 Å². The van der Waals surface area contributed by atoms with Crippen molar-refractivity contribution < 1.29 is 28.9 Å². The minimum Gasteiger partial charge on any atom is -0.493 e. The van der Waals surface area contributed by atoms with Gasteiger partial charge in [-0.25, -0.2) is 4.79 Å². The molecule has 1 N–H and O–H groups in total. The highest BCUT2D eigenvalue weighted by Crippen LogP contribution is 2.39. The molecule has 150 valence electrons. The van der Waals surface area contributed by atoms with Gasteiger partial charge in [-0.3, -0.25) is 4.79 Å². The van der Waals surface area contributed by atoms with E-state index in [1.165, 1.54) is 0 Å². The summed E-state index contributed by atoms with van der Waals surface area (Å²) in [5, 5.41) is 9.32. The minimum absolute atomic E-state index is 0.0492. The molecule has 1 heterocycles. The molecular weight excluding hydrogens is 350 g/mol. The lowest BCUT2D eigenvalue weighted by Gasteiger charge is -2.41. The molecule has 7 heteroatoms. The first-order valence-electron chi connectivity index (χ1n) is 9.23. The third kappa shape index (κ3) is 4.03. The summed E-state index contributed by atoms with van der Waals surface area (Å²) in [5.41, 5.74) is 0.0702. The molecule has 2 atom stereocenters. The highest BCUT2D eigenvalue weighted by molar-refractivity contribution is 5.89. The van der Waals surface area contributed by atoms with E-state index in [1.54, 1.807) is 32.1 Å². The molecule has 0 aliphatic carbocycles. The van der Waals surface area contributed by atoms with Crippen LogP contribution in [0.4, 0.5) is 0 Å². The summed E-state index contributed by atoms with van der Waals surface area (Å²) in [5.74, 6) is 0.0266. The molecule has 1 amide bonds. The predicted molar refractivity (Wildman–Crippen MR) is 100 cm³/mol. The molecule has 1 aromatic rings. The zero-order valence-electron chi connectivity index (χ0n) is 16.7. The highest BCUT2D eigenvalue weighted by Gasteiger charge is 2.43. The van der Waals surface area contributed by atoms with Crippen molar-refractivity contribution in [1.29, 1.82) is 0 Å². The average molecular weight is 379 g/mol. The maximum atomic E-state index is 13.6. The van der Waals surface area contributed by atoms with Gasteiger partial charge in [0.1, 0.15) is 0 Å². The van der Waals surface area contributed by atoms with E-state index in [0.29, 0.717) is 30.9 Å². The van der Waals surface area contributed by atoms with Gasteiger partial charge >= 0.3 is 5.97 Å². The number of hydrogen-bond donors (Lipinski definition) is 1. The Balaban J connectivity index is 2.42. The van der Waals surface area contributed by atoms with Crippen LogP contribution >= 0.6 is 0 Å². The van der Waals surface area contributed by atoms with E-state index in [9.17, 15) is 14.7 Å². The van der Waals surface area contributed by atoms with Crippen molar-refractivity contribution in [3.8, 4) is 11.5 Å². The quantitative estimate of drug-likeness (QED) is 0.783. The van der Waals surface area contributed by atoms with Crippen molar-refractivity contribution in [2.24, 2.45) is 0 Å². The molecule has 1 aliphatic rings. The van der Waals surface area contributed by atoms with Crippen molar-refractivity contribution in [3.05, 3.63) is 23.8 Å². The normalized spacial score (nSPS) is 20.3. The Hall–Kier alpha value is -2.28. The molecule has 2 rings (SSSR count). The average Bonchev–Trinajstić information content (AvgIpc) is 2.68. The van der Waals surface area contributed by atoms with E-state index in [0.717, 1.165) is 5.56 Å². The highest BCUT2D eigenvalue weighted by atomic mass is 16.5. The molecule has 7 nitrogen and oxygen atoms in total. The lowest BCUT2D eigenvalue weighted by Crippen LogP contribution is -2.56. The van der Waals surface area contributed by atoms with Gasteiger partial charge in [0.25, 0.3) is 0 Å². The number of morpholine rings is 1. The Morgan fingerprint density at radius 1 is 1.19 bits per heavy atom. The zero-order chi connectivity index (χ0) is 20.2. The van der Waals surface area contributed by atoms with Crippen LogP contribution in [0.15, 0.2) is 18.2 Å². The van der Waals surface area contributed by atoms with Gasteiger partial charge in [0.05, 0.1) is 32.3 Å². The number of carbonyl (C=O) groups excluding carboxylic acids is 1. The van der Waals surface area contributed by atoms with E-state index in [1.807, 2.05) is 26.0 Å². The molecule has 0 saturated carbocycles. The minimum atomic E-state index is -1.05. The maximum absolute atomic E-state index is 13.6. The Labute approximate surface area is 160 Å². The summed E-state index contributed by atoms with van der Waals surface area (Å²) in [6.45, 7) is 6.14. The number of benzene rings is 1. The number of carbonyl (C=O) groups is 2. The number of carboxylic acids is 1. The monoisotopic (exact) mass is 379 g/mol. The van der Waals surface area contributed by atoms with Gasteiger partial charge in [0, 0.05) is 6.54 Å². The Morgan fingerprint density at radius 2 is 1.81 bits per heavy atom. The SMILES string of the molecule is CCC(CC)(C(=O)N1CC(C(=O)O)O[C@H](C)C1)c1ccc(OC)c(OC)c1. The number of amides is 1. The molecule has 0 aromatic heterocycles. The van der Waals surface area contributed by atoms with Crippen molar-refractivity contribution in [2.45, 2.75) is 51.2 Å². The van der Waals surface area contributed by atoms with Crippen LogP contribution in [0.3, 0.4) is 0 Å². The number of ether oxygens (including phenoxy) is 3. The van der Waals surface area contributed by atoms with Gasteiger partial charge in [0.2, 0.25) is 5.91 Å². The van der Waals surface area contributed by atoms with Gasteiger partial charge in [0.15, 0.2) is 17.6 Å². The summed E-state index contributed by atoms with van der Waals surface area (Å²) < 4.78 is 16.2. The number of carboxylic acid groups (broad SMARTS) is 1. The van der Waals surface area contributed by atoms with Gasteiger partial charge < -0.3 is 24.2 Å². The molecular formula is C20H29NO6. The molecule has 1 saturated heterocycles. The molecule has 1 unspecified atom stereocenters. The molecule has 0 bridgehead atoms. The molecule has 27 heavy (non-hydrogen) atoms. The lowest BCUT2D eigenvalue weighted by atomic mass is 9.74. The van der Waals surface area contributed by atoms with Crippen LogP contribution in [0.2, 0.25) is 0 Å². The predicted octanol–water partition coefficient (Wildman–Crippen LogP) is 2.46. The van der Waals surface area contributed by atoms with Crippen LogP contribution in [0.25, 0.3) is 0 Å². The van der Waals surface area contributed by atoms with E-state index >= 15 is 0 Å². The second kappa shape index (κ2) is 8.61. The summed E-state index contributed by atoms with van der Waals surface area (Å²) in [6.07, 6.45) is -0.169. The van der Waals surface area contributed by atoms with Crippen LogP contribution < -0.4 is 9.47 Å². The summed E-state index contributed by atoms with van der Waals surface area (Å²) in [7, 11) is 3.13. The van der Waals surface area contributed by atoms with E-state index in [-0.39, 0.29) is 18.6 Å². The van der Waals surface area contributed by atoms with Gasteiger partial charge in [-0.1, -0.05) is 19.9 Å². The number of hydrogen-bond acceptors (Lipinski definition) is 5. The first-order valence-corrected chi connectivity index (χ1v) is 9.23. The zero-order valence-corrected chi connectivity index (χ0v) is 16.7. The lowest BCUT2D eigenvalue weighted by molar-refractivity contribution is -0.168. The van der Waals surface area contributed by atoms with E-state index < -0.39 is 17.5 Å². The van der Waals surface area contributed by atoms with E-state index in [4.69, 9.17) is 14.2 Å². The summed E-state index contributed by atoms with van der Waals surface area (Å²) >= 11 is 0. The number of methoxy groups -OCH3 is 2. The number of nitrogens with zero attached hydrogens (tertiary/aromatic N) is 1. The van der Waals surface area contributed by atoms with Crippen molar-refractivity contribution in [3.63, 3.8) is 0 Å². The fraction of sp³-hybridized carbons (Fsp3) is 0.600. The molecule has 1 fully saturated rings. The maximum Gasteiger partial charge on any atom is 0.334 e. The van der Waals surface area contributed by atoms with Crippen molar-refractivity contribution in [2.75, 3.05) is 27.3 Å². The topological polar surface area (TPSA) is 85.3 Å². The molecule has 0 spiro atoms. The van der Waals surface area contributed by atoms with Gasteiger partial charge in [-0.2, -0.15) is 0 Å². The van der Waals surface area contributed by atoms with Gasteiger partial charge in [-0.05, 0) is 37.5 Å². The first kappa shape index (κ1) is 21.0. The van der Waals surface area contributed by atoms with Crippen LogP contribution in [0.1, 0.15) is 39.2 Å². The first-order chi connectivity index (χ1) is 12.8. The summed E-state index contributed by atoms with van der Waals surface area (Å²) in [4.78, 5) is 26.6. The third-order valence-corrected chi connectivity index (χ3v) is 5.38. The van der Waals surface area contributed by atoms with Crippen LogP contribution in [-0.2, 0) is 19.7 Å². The standard InChI is InChI=1S/C20H29NO6/c1-6-20(7-2,14-8-9-15(25-4)16(10-14)26-5)19(24)21-11-13(3)27-17(12-21)18(22)23/h8-10,13,17H,6-7,11-12H2,1-5H3,(H,22,23)/t13-,17?/m1/s1. The third-order valence-electron chi connectivity index (χ3n) is 5.38. The van der Waals surface area contributed by atoms with Gasteiger partial charge in [-0.15, -0.1) is 0 Å². The Bertz CT molecular complexity index is 685. The Kier molecular flexibility index (Phi) is 6.70. The molecule has 0 radical (unpaired) electrons. The summed E-state index contributed by atoms with van der Waals surface area (Å²) in [6, 6.07) is 5.51. The fourth-order valence-corrected chi connectivity index (χ4v) is 3.77. The fourth-order valence-electron chi connectivity index (χ4n) is 3.77. The van der Waals surface area contributed by atoms with Crippen molar-refractivity contribution in [1.82, 2.24) is 4.90 Å². The second-order valence-electron chi connectivity index (χ2n) is 6.84. The van der Waals surface area contributed by atoms with Crippen LogP contribution in [-0.4, -0.2) is 61.4 Å². The van der Waals surface area contributed by atoms with Crippen LogP contribution in [0, 0.1) is 0 Å². The largest absolute Gasteiger partial charge is 0.493 e. The Morgan fingerprint density at radius 3 is 2.33 bits per heavy atom. The second-order valence-corrected chi connectivity index (χ2v) is 6.84. The van der Waals surface area contributed by atoms with E-state index in [2.05, 4.69) is 0 Å². The van der Waals surface area contributed by atoms with Crippen LogP contribution in [0.5, 0.6) is 11.5 Å². The smallest absolute Gasteiger partial charge is 0.334 e. The molecule has 1 aliphatic heterocycles. The number of rotatable bonds is 7. The number of aliphatic carboxylic acids is 1. The molecule has 1 aromatic carbocycles.